The summed E-state index contributed by atoms with van der Waals surface area (Å²) >= 11 is 1.38. The van der Waals surface area contributed by atoms with Crippen molar-refractivity contribution in [3.63, 3.8) is 0 Å². The van der Waals surface area contributed by atoms with Gasteiger partial charge in [-0.25, -0.2) is 0 Å². The van der Waals surface area contributed by atoms with Gasteiger partial charge in [0, 0.05) is 17.5 Å². The van der Waals surface area contributed by atoms with E-state index in [1.165, 1.54) is 11.8 Å². The lowest BCUT2D eigenvalue weighted by atomic mass is 10.3. The summed E-state index contributed by atoms with van der Waals surface area (Å²) in [6.45, 7) is 4.36. The molecular formula is C14H19NO3S. The summed E-state index contributed by atoms with van der Waals surface area (Å²) in [5.74, 6) is -0.518. The molecule has 0 bridgehead atoms. The van der Waals surface area contributed by atoms with Crippen molar-refractivity contribution in [2.24, 2.45) is 0 Å². The van der Waals surface area contributed by atoms with E-state index in [0.29, 0.717) is 12.3 Å². The summed E-state index contributed by atoms with van der Waals surface area (Å²) < 4.78 is 0. The summed E-state index contributed by atoms with van der Waals surface area (Å²) in [6.07, 6.45) is 0.0788. The quantitative estimate of drug-likeness (QED) is 0.834. The van der Waals surface area contributed by atoms with Crippen LogP contribution in [0.15, 0.2) is 30.3 Å². The highest BCUT2D eigenvalue weighted by Gasteiger charge is 2.16. The fraction of sp³-hybridized carbons (Fsp3) is 0.429. The lowest BCUT2D eigenvalue weighted by Crippen LogP contribution is -2.32. The maximum absolute atomic E-state index is 12.1. The normalized spacial score (nSPS) is 11.9. The molecule has 1 atom stereocenters. The molecule has 5 heteroatoms. The van der Waals surface area contributed by atoms with E-state index < -0.39 is 5.97 Å². The van der Waals surface area contributed by atoms with Gasteiger partial charge in [0.1, 0.15) is 0 Å². The highest BCUT2D eigenvalue weighted by Crippen LogP contribution is 2.18. The van der Waals surface area contributed by atoms with Gasteiger partial charge in [0.25, 0.3) is 0 Å². The van der Waals surface area contributed by atoms with Crippen molar-refractivity contribution in [2.45, 2.75) is 25.5 Å². The van der Waals surface area contributed by atoms with E-state index in [0.717, 1.165) is 5.69 Å². The number of carbonyl (C=O) groups is 2. The molecule has 0 spiro atoms. The van der Waals surface area contributed by atoms with Crippen LogP contribution in [0, 0.1) is 0 Å². The average Bonchev–Trinajstić information content (AvgIpc) is 2.38. The molecule has 1 aromatic carbocycles. The molecule has 0 heterocycles. The third kappa shape index (κ3) is 5.34. The van der Waals surface area contributed by atoms with Crippen molar-refractivity contribution in [1.82, 2.24) is 0 Å². The molecule has 104 valence electrons. The number of carbonyl (C=O) groups excluding carboxylic acids is 1. The summed E-state index contributed by atoms with van der Waals surface area (Å²) in [7, 11) is 0. The van der Waals surface area contributed by atoms with E-state index in [1.807, 2.05) is 44.2 Å². The number of carboxylic acid groups (broad SMARTS) is 1. The van der Waals surface area contributed by atoms with Crippen molar-refractivity contribution in [1.29, 1.82) is 0 Å². The number of thioether (sulfide) groups is 1. The molecule has 1 aromatic rings. The standard InChI is InChI=1S/C14H19NO3S/c1-3-15(12-7-5-4-6-8-12)13(16)10-19-11(2)9-14(17)18/h4-8,11H,3,9-10H2,1-2H3,(H,17,18). The minimum atomic E-state index is -0.831. The Morgan fingerprint density at radius 3 is 2.47 bits per heavy atom. The van der Waals surface area contributed by atoms with Crippen LogP contribution in [0.3, 0.4) is 0 Å². The number of amides is 1. The molecule has 1 N–H and O–H groups in total. The zero-order valence-electron chi connectivity index (χ0n) is 11.2. The van der Waals surface area contributed by atoms with Gasteiger partial charge in [-0.15, -0.1) is 11.8 Å². The smallest absolute Gasteiger partial charge is 0.304 e. The van der Waals surface area contributed by atoms with Gasteiger partial charge in [-0.05, 0) is 19.1 Å². The maximum Gasteiger partial charge on any atom is 0.304 e. The fourth-order valence-electron chi connectivity index (χ4n) is 1.71. The Labute approximate surface area is 117 Å². The SMILES string of the molecule is CCN(C(=O)CSC(C)CC(=O)O)c1ccccc1. The Bertz CT molecular complexity index is 422. The summed E-state index contributed by atoms with van der Waals surface area (Å²) in [5.41, 5.74) is 0.876. The van der Waals surface area contributed by atoms with E-state index in [1.54, 1.807) is 4.90 Å². The zero-order valence-corrected chi connectivity index (χ0v) is 12.0. The maximum atomic E-state index is 12.1. The monoisotopic (exact) mass is 281 g/mol. The van der Waals surface area contributed by atoms with Crippen LogP contribution in [0.1, 0.15) is 20.3 Å². The van der Waals surface area contributed by atoms with Crippen LogP contribution >= 0.6 is 11.8 Å². The Morgan fingerprint density at radius 2 is 1.95 bits per heavy atom. The van der Waals surface area contributed by atoms with Gasteiger partial charge < -0.3 is 10.0 Å². The molecule has 0 aliphatic carbocycles. The lowest BCUT2D eigenvalue weighted by molar-refractivity contribution is -0.136. The third-order valence-corrected chi connectivity index (χ3v) is 3.79. The fourth-order valence-corrected chi connectivity index (χ4v) is 2.55. The van der Waals surface area contributed by atoms with Crippen molar-refractivity contribution < 1.29 is 14.7 Å². The largest absolute Gasteiger partial charge is 0.481 e. The number of nitrogens with zero attached hydrogens (tertiary/aromatic N) is 1. The molecule has 0 saturated carbocycles. The molecule has 4 nitrogen and oxygen atoms in total. The molecule has 0 aliphatic heterocycles. The van der Waals surface area contributed by atoms with Crippen LogP contribution in [-0.2, 0) is 9.59 Å². The summed E-state index contributed by atoms with van der Waals surface area (Å²) in [4.78, 5) is 24.4. The van der Waals surface area contributed by atoms with Gasteiger partial charge in [0.15, 0.2) is 0 Å². The molecular weight excluding hydrogens is 262 g/mol. The van der Waals surface area contributed by atoms with Gasteiger partial charge in [0.2, 0.25) is 5.91 Å². The molecule has 19 heavy (non-hydrogen) atoms. The van der Waals surface area contributed by atoms with Gasteiger partial charge in [-0.3, -0.25) is 9.59 Å². The van der Waals surface area contributed by atoms with Crippen LogP contribution in [-0.4, -0.2) is 34.5 Å². The van der Waals surface area contributed by atoms with E-state index in [9.17, 15) is 9.59 Å². The van der Waals surface area contributed by atoms with Crippen LogP contribution in [0.5, 0.6) is 0 Å². The number of para-hydroxylation sites is 1. The predicted molar refractivity (Wildman–Crippen MR) is 78.6 cm³/mol. The number of benzene rings is 1. The first-order chi connectivity index (χ1) is 9.04. The van der Waals surface area contributed by atoms with Gasteiger partial charge in [0.05, 0.1) is 12.2 Å². The van der Waals surface area contributed by atoms with Gasteiger partial charge >= 0.3 is 5.97 Å². The molecule has 0 fully saturated rings. The average molecular weight is 281 g/mol. The highest BCUT2D eigenvalue weighted by atomic mass is 32.2. The van der Waals surface area contributed by atoms with Crippen molar-refractivity contribution in [2.75, 3.05) is 17.2 Å². The number of hydrogen-bond acceptors (Lipinski definition) is 3. The first kappa shape index (κ1) is 15.6. The predicted octanol–water partition coefficient (Wildman–Crippen LogP) is 2.64. The second-order valence-corrected chi connectivity index (χ2v) is 5.62. The van der Waals surface area contributed by atoms with Crippen LogP contribution in [0.2, 0.25) is 0 Å². The summed E-state index contributed by atoms with van der Waals surface area (Å²) in [6, 6.07) is 9.49. The molecule has 0 radical (unpaired) electrons. The second-order valence-electron chi connectivity index (χ2n) is 4.19. The molecule has 0 saturated heterocycles. The van der Waals surface area contributed by atoms with E-state index in [4.69, 9.17) is 5.11 Å². The molecule has 1 rings (SSSR count). The molecule has 0 aliphatic rings. The molecule has 0 aromatic heterocycles. The highest BCUT2D eigenvalue weighted by molar-refractivity contribution is 8.00. The van der Waals surface area contributed by atoms with Crippen LogP contribution in [0.4, 0.5) is 5.69 Å². The third-order valence-electron chi connectivity index (χ3n) is 2.64. The van der Waals surface area contributed by atoms with E-state index >= 15 is 0 Å². The van der Waals surface area contributed by atoms with Crippen LogP contribution < -0.4 is 4.90 Å². The van der Waals surface area contributed by atoms with E-state index in [2.05, 4.69) is 0 Å². The number of rotatable bonds is 7. The van der Waals surface area contributed by atoms with E-state index in [-0.39, 0.29) is 17.6 Å². The van der Waals surface area contributed by atoms with Gasteiger partial charge in [-0.2, -0.15) is 0 Å². The Kier molecular flexibility index (Phi) is 6.42. The summed E-state index contributed by atoms with van der Waals surface area (Å²) in [5, 5.41) is 8.61. The second kappa shape index (κ2) is 7.84. The first-order valence-electron chi connectivity index (χ1n) is 6.23. The van der Waals surface area contributed by atoms with Crippen molar-refractivity contribution in [3.8, 4) is 0 Å². The molecule has 1 amide bonds. The van der Waals surface area contributed by atoms with Crippen LogP contribution in [0.25, 0.3) is 0 Å². The minimum Gasteiger partial charge on any atom is -0.481 e. The van der Waals surface area contributed by atoms with Crippen molar-refractivity contribution >= 4 is 29.3 Å². The number of hydrogen-bond donors (Lipinski definition) is 1. The Balaban J connectivity index is 2.54. The zero-order chi connectivity index (χ0) is 14.3. The Morgan fingerprint density at radius 1 is 1.32 bits per heavy atom. The van der Waals surface area contributed by atoms with Gasteiger partial charge in [-0.1, -0.05) is 25.1 Å². The van der Waals surface area contributed by atoms with Crippen molar-refractivity contribution in [3.05, 3.63) is 30.3 Å². The number of carboxylic acids is 1. The minimum absolute atomic E-state index is 0.0101. The first-order valence-corrected chi connectivity index (χ1v) is 7.28. The topological polar surface area (TPSA) is 57.6 Å². The lowest BCUT2D eigenvalue weighted by Gasteiger charge is -2.21. The Hall–Kier alpha value is -1.49. The number of aliphatic carboxylic acids is 1. The number of anilines is 1. The molecule has 1 unspecified atom stereocenters.